The van der Waals surface area contributed by atoms with Crippen molar-refractivity contribution in [1.29, 1.82) is 0 Å². The smallest absolute Gasteiger partial charge is 0.167 e. The lowest BCUT2D eigenvalue weighted by Gasteiger charge is -2.20. The molecule has 2 saturated carbocycles. The predicted octanol–water partition coefficient (Wildman–Crippen LogP) is 3.09. The summed E-state index contributed by atoms with van der Waals surface area (Å²) in [6, 6.07) is 3.69. The first-order valence-electron chi connectivity index (χ1n) is 6.43. The van der Waals surface area contributed by atoms with Crippen LogP contribution in [0.15, 0.2) is 12.1 Å². The summed E-state index contributed by atoms with van der Waals surface area (Å²) < 4.78 is 11.3. The highest BCUT2D eigenvalue weighted by Gasteiger charge is 2.45. The van der Waals surface area contributed by atoms with Crippen molar-refractivity contribution in [2.45, 2.75) is 31.2 Å². The van der Waals surface area contributed by atoms with Gasteiger partial charge in [0.1, 0.15) is 0 Å². The average molecular weight is 268 g/mol. The molecule has 0 saturated heterocycles. The van der Waals surface area contributed by atoms with Gasteiger partial charge in [-0.05, 0) is 43.7 Å². The number of halogens is 1. The zero-order valence-electron chi connectivity index (χ0n) is 10.5. The Morgan fingerprint density at radius 2 is 2.11 bits per heavy atom. The third-order valence-corrected chi connectivity index (χ3v) is 4.05. The second-order valence-corrected chi connectivity index (χ2v) is 5.77. The summed E-state index contributed by atoms with van der Waals surface area (Å²) >= 11 is 6.30. The molecule has 2 N–H and O–H groups in total. The summed E-state index contributed by atoms with van der Waals surface area (Å²) in [7, 11) is 1.65. The summed E-state index contributed by atoms with van der Waals surface area (Å²) in [5.41, 5.74) is 6.90. The van der Waals surface area contributed by atoms with Crippen LogP contribution < -0.4 is 15.2 Å². The van der Waals surface area contributed by atoms with Crippen LogP contribution in [0.1, 0.15) is 31.2 Å². The number of hydrogen-bond donors (Lipinski definition) is 1. The van der Waals surface area contributed by atoms with E-state index in [0.717, 1.165) is 36.5 Å². The summed E-state index contributed by atoms with van der Waals surface area (Å²) in [5.74, 6) is 2.16. The lowest BCUT2D eigenvalue weighted by Crippen LogP contribution is -2.21. The van der Waals surface area contributed by atoms with Crippen LogP contribution >= 0.6 is 11.6 Å². The second kappa shape index (κ2) is 4.32. The van der Waals surface area contributed by atoms with Gasteiger partial charge in [-0.15, -0.1) is 0 Å². The number of methoxy groups -OCH3 is 1. The molecule has 98 valence electrons. The average Bonchev–Trinajstić information content (AvgIpc) is 3.24. The fourth-order valence-corrected chi connectivity index (χ4v) is 2.51. The topological polar surface area (TPSA) is 44.5 Å². The molecule has 0 spiro atoms. The fraction of sp³-hybridized carbons (Fsp3) is 0.571. The van der Waals surface area contributed by atoms with Crippen LogP contribution in [0.2, 0.25) is 5.02 Å². The molecular formula is C14H18ClNO2. The van der Waals surface area contributed by atoms with Crippen molar-refractivity contribution in [2.24, 2.45) is 11.7 Å². The Balaban J connectivity index is 1.96. The molecule has 0 unspecified atom stereocenters. The minimum absolute atomic E-state index is 0.315. The molecule has 3 rings (SSSR count). The van der Waals surface area contributed by atoms with E-state index in [2.05, 4.69) is 0 Å². The molecule has 0 aromatic heterocycles. The molecule has 0 heterocycles. The first-order valence-corrected chi connectivity index (χ1v) is 6.80. The Morgan fingerprint density at radius 3 is 2.67 bits per heavy atom. The van der Waals surface area contributed by atoms with Crippen LogP contribution in [0, 0.1) is 5.92 Å². The van der Waals surface area contributed by atoms with E-state index in [-0.39, 0.29) is 5.54 Å². The first-order chi connectivity index (χ1) is 8.64. The van der Waals surface area contributed by atoms with Crippen LogP contribution in [0.5, 0.6) is 11.5 Å². The minimum Gasteiger partial charge on any atom is -0.493 e. The van der Waals surface area contributed by atoms with E-state index in [1.54, 1.807) is 7.11 Å². The van der Waals surface area contributed by atoms with Crippen LogP contribution in [-0.4, -0.2) is 13.7 Å². The predicted molar refractivity (Wildman–Crippen MR) is 71.3 cm³/mol. The molecule has 1 aromatic rings. The molecule has 2 aliphatic rings. The molecule has 0 atom stereocenters. The zero-order chi connectivity index (χ0) is 12.8. The highest BCUT2D eigenvalue weighted by Crippen LogP contribution is 2.52. The quantitative estimate of drug-likeness (QED) is 0.892. The summed E-state index contributed by atoms with van der Waals surface area (Å²) in [4.78, 5) is 0. The Bertz CT molecular complexity index is 467. The fourth-order valence-electron chi connectivity index (χ4n) is 2.18. The van der Waals surface area contributed by atoms with Gasteiger partial charge in [0.25, 0.3) is 0 Å². The summed E-state index contributed by atoms with van der Waals surface area (Å²) in [6.45, 7) is 0.736. The van der Waals surface area contributed by atoms with Crippen LogP contribution in [0.3, 0.4) is 0 Å². The standard InChI is InChI=1S/C14H18ClNO2/c1-17-11-5-4-10(15)12(14(16)6-7-14)13(11)18-8-9-2-3-9/h4-5,9H,2-3,6-8,16H2,1H3. The zero-order valence-corrected chi connectivity index (χ0v) is 11.3. The maximum atomic E-state index is 6.30. The van der Waals surface area contributed by atoms with E-state index in [0.29, 0.717) is 10.9 Å². The lowest BCUT2D eigenvalue weighted by molar-refractivity contribution is 0.275. The number of benzene rings is 1. The SMILES string of the molecule is COc1ccc(Cl)c(C2(N)CC2)c1OCC1CC1. The van der Waals surface area contributed by atoms with Gasteiger partial charge in [0.15, 0.2) is 11.5 Å². The highest BCUT2D eigenvalue weighted by molar-refractivity contribution is 6.31. The molecule has 3 nitrogen and oxygen atoms in total. The van der Waals surface area contributed by atoms with Crippen molar-refractivity contribution >= 4 is 11.6 Å². The van der Waals surface area contributed by atoms with Gasteiger partial charge >= 0.3 is 0 Å². The van der Waals surface area contributed by atoms with Gasteiger partial charge in [-0.25, -0.2) is 0 Å². The van der Waals surface area contributed by atoms with E-state index in [4.69, 9.17) is 26.8 Å². The molecule has 1 aromatic carbocycles. The van der Waals surface area contributed by atoms with Crippen molar-refractivity contribution in [3.63, 3.8) is 0 Å². The largest absolute Gasteiger partial charge is 0.493 e. The van der Waals surface area contributed by atoms with Gasteiger partial charge in [-0.3, -0.25) is 0 Å². The molecule has 2 aliphatic carbocycles. The van der Waals surface area contributed by atoms with Crippen LogP contribution in [0.4, 0.5) is 0 Å². The lowest BCUT2D eigenvalue weighted by atomic mass is 10.0. The van der Waals surface area contributed by atoms with Gasteiger partial charge in [0.05, 0.1) is 13.7 Å². The minimum atomic E-state index is -0.315. The maximum absolute atomic E-state index is 6.30. The van der Waals surface area contributed by atoms with E-state index < -0.39 is 0 Å². The summed E-state index contributed by atoms with van der Waals surface area (Å²) in [5, 5.41) is 0.682. The Labute approximate surface area is 112 Å². The van der Waals surface area contributed by atoms with E-state index in [1.807, 2.05) is 12.1 Å². The summed E-state index contributed by atoms with van der Waals surface area (Å²) in [6.07, 6.45) is 4.43. The normalized spacial score (nSPS) is 20.6. The van der Waals surface area contributed by atoms with Gasteiger partial charge in [0, 0.05) is 16.1 Å². The molecule has 2 fully saturated rings. The second-order valence-electron chi connectivity index (χ2n) is 5.36. The Hall–Kier alpha value is -0.930. The molecule has 0 amide bonds. The monoisotopic (exact) mass is 267 g/mol. The molecule has 18 heavy (non-hydrogen) atoms. The van der Waals surface area contributed by atoms with Crippen molar-refractivity contribution < 1.29 is 9.47 Å². The van der Waals surface area contributed by atoms with Gasteiger partial charge in [-0.2, -0.15) is 0 Å². The van der Waals surface area contributed by atoms with Crippen molar-refractivity contribution in [2.75, 3.05) is 13.7 Å². The number of hydrogen-bond acceptors (Lipinski definition) is 3. The van der Waals surface area contributed by atoms with Crippen molar-refractivity contribution in [3.05, 3.63) is 22.7 Å². The van der Waals surface area contributed by atoms with Crippen LogP contribution in [0.25, 0.3) is 0 Å². The Kier molecular flexibility index (Phi) is 2.91. The maximum Gasteiger partial charge on any atom is 0.167 e. The highest BCUT2D eigenvalue weighted by atomic mass is 35.5. The third-order valence-electron chi connectivity index (χ3n) is 3.74. The first kappa shape index (κ1) is 12.1. The van der Waals surface area contributed by atoms with Gasteiger partial charge in [-0.1, -0.05) is 11.6 Å². The van der Waals surface area contributed by atoms with Crippen molar-refractivity contribution in [1.82, 2.24) is 0 Å². The molecule has 0 aliphatic heterocycles. The molecule has 0 bridgehead atoms. The molecule has 4 heteroatoms. The molecule has 0 radical (unpaired) electrons. The van der Waals surface area contributed by atoms with Gasteiger partial charge < -0.3 is 15.2 Å². The number of nitrogens with two attached hydrogens (primary N) is 1. The molecular weight excluding hydrogens is 250 g/mol. The van der Waals surface area contributed by atoms with E-state index in [9.17, 15) is 0 Å². The van der Waals surface area contributed by atoms with Gasteiger partial charge in [0.2, 0.25) is 0 Å². The van der Waals surface area contributed by atoms with Crippen molar-refractivity contribution in [3.8, 4) is 11.5 Å². The third kappa shape index (κ3) is 2.17. The van der Waals surface area contributed by atoms with E-state index >= 15 is 0 Å². The number of rotatable bonds is 5. The van der Waals surface area contributed by atoms with Crippen LogP contribution in [-0.2, 0) is 5.54 Å². The number of ether oxygens (including phenoxy) is 2. The van der Waals surface area contributed by atoms with E-state index in [1.165, 1.54) is 12.8 Å². The Morgan fingerprint density at radius 1 is 1.39 bits per heavy atom.